The molecule has 0 spiro atoms. The van der Waals surface area contributed by atoms with E-state index in [1.807, 2.05) is 6.07 Å². The van der Waals surface area contributed by atoms with Crippen LogP contribution in [0.5, 0.6) is 11.5 Å². The van der Waals surface area contributed by atoms with Gasteiger partial charge in [-0.05, 0) is 43.5 Å². The molecule has 124 valence electrons. The molecule has 1 aliphatic carbocycles. The summed E-state index contributed by atoms with van der Waals surface area (Å²) in [6.07, 6.45) is -4.36. The molecule has 0 amide bonds. The number of aryl methyl sites for hydroxylation is 1. The van der Waals surface area contributed by atoms with E-state index in [9.17, 15) is 18.3 Å². The fourth-order valence-corrected chi connectivity index (χ4v) is 2.90. The van der Waals surface area contributed by atoms with Gasteiger partial charge in [0.2, 0.25) is 0 Å². The van der Waals surface area contributed by atoms with Crippen LogP contribution in [-0.2, 0) is 12.6 Å². The number of alkyl halides is 3. The number of halogens is 3. The Balaban J connectivity index is 2.05. The van der Waals surface area contributed by atoms with Gasteiger partial charge in [0.15, 0.2) is 5.69 Å². The second-order valence-corrected chi connectivity index (χ2v) is 5.66. The van der Waals surface area contributed by atoms with Gasteiger partial charge in [-0.25, -0.2) is 4.98 Å². The van der Waals surface area contributed by atoms with E-state index in [0.717, 1.165) is 11.8 Å². The van der Waals surface area contributed by atoms with E-state index in [2.05, 4.69) is 4.98 Å². The van der Waals surface area contributed by atoms with Crippen molar-refractivity contribution in [3.05, 3.63) is 52.3 Å². The van der Waals surface area contributed by atoms with Gasteiger partial charge in [-0.15, -0.1) is 0 Å². The van der Waals surface area contributed by atoms with Crippen LogP contribution in [0.2, 0.25) is 0 Å². The summed E-state index contributed by atoms with van der Waals surface area (Å²) in [6, 6.07) is 6.85. The maximum absolute atomic E-state index is 13.1. The fourth-order valence-electron chi connectivity index (χ4n) is 2.90. The highest BCUT2D eigenvalue weighted by atomic mass is 19.4. The second-order valence-electron chi connectivity index (χ2n) is 5.66. The van der Waals surface area contributed by atoms with E-state index in [0.29, 0.717) is 16.9 Å². The van der Waals surface area contributed by atoms with Gasteiger partial charge in [0.25, 0.3) is 0 Å². The van der Waals surface area contributed by atoms with Gasteiger partial charge in [0.05, 0.1) is 23.9 Å². The van der Waals surface area contributed by atoms with E-state index >= 15 is 0 Å². The molecule has 4 nitrogen and oxygen atoms in total. The number of rotatable bonds is 2. The molecule has 24 heavy (non-hydrogen) atoms. The van der Waals surface area contributed by atoms with E-state index in [1.54, 1.807) is 19.1 Å². The third-order valence-corrected chi connectivity index (χ3v) is 3.87. The van der Waals surface area contributed by atoms with Crippen molar-refractivity contribution in [2.24, 2.45) is 0 Å². The van der Waals surface area contributed by atoms with Crippen LogP contribution in [0.3, 0.4) is 0 Å². The maximum Gasteiger partial charge on any atom is 0.433 e. The lowest BCUT2D eigenvalue weighted by atomic mass is 10.1. The van der Waals surface area contributed by atoms with Crippen LogP contribution < -0.4 is 4.74 Å². The standard InChI is InChI=1S/C17H13F3N2O2/c1-9-4-10(7-21)6-11(5-9)24-14-8-22-16(17(18,19)20)15-12(14)2-3-13(15)23/h4-6,8,13,23H,2-3H2,1H3. The average molecular weight is 334 g/mol. The topological polar surface area (TPSA) is 66.1 Å². The molecule has 1 aliphatic rings. The number of benzene rings is 1. The molecule has 1 aromatic heterocycles. The molecule has 7 heteroatoms. The molecule has 1 N–H and O–H groups in total. The molecule has 1 heterocycles. The molecule has 2 aromatic rings. The molecule has 1 atom stereocenters. The van der Waals surface area contributed by atoms with Gasteiger partial charge >= 0.3 is 6.18 Å². The minimum Gasteiger partial charge on any atom is -0.455 e. The van der Waals surface area contributed by atoms with Gasteiger partial charge in [-0.3, -0.25) is 0 Å². The highest BCUT2D eigenvalue weighted by molar-refractivity contribution is 5.49. The molecular weight excluding hydrogens is 321 g/mol. The number of aliphatic hydroxyl groups is 1. The van der Waals surface area contributed by atoms with Crippen molar-refractivity contribution < 1.29 is 23.0 Å². The lowest BCUT2D eigenvalue weighted by molar-refractivity contribution is -0.142. The molecule has 0 saturated heterocycles. The summed E-state index contributed by atoms with van der Waals surface area (Å²) in [5, 5.41) is 18.9. The van der Waals surface area contributed by atoms with Crippen LogP contribution in [0.4, 0.5) is 13.2 Å². The van der Waals surface area contributed by atoms with Crippen molar-refractivity contribution in [1.29, 1.82) is 5.26 Å². The molecule has 1 aromatic carbocycles. The Kier molecular flexibility index (Phi) is 3.93. The highest BCUT2D eigenvalue weighted by Gasteiger charge is 2.41. The number of hydrogen-bond donors (Lipinski definition) is 1. The van der Waals surface area contributed by atoms with Crippen LogP contribution >= 0.6 is 0 Å². The first-order valence-electron chi connectivity index (χ1n) is 7.26. The summed E-state index contributed by atoms with van der Waals surface area (Å²) >= 11 is 0. The minimum absolute atomic E-state index is 0.170. The van der Waals surface area contributed by atoms with Gasteiger partial charge < -0.3 is 9.84 Å². The predicted octanol–water partition coefficient (Wildman–Crippen LogP) is 4.05. The zero-order valence-electron chi connectivity index (χ0n) is 12.7. The van der Waals surface area contributed by atoms with Crippen molar-refractivity contribution in [1.82, 2.24) is 4.98 Å². The van der Waals surface area contributed by atoms with Crippen molar-refractivity contribution >= 4 is 0 Å². The number of aliphatic hydroxyl groups excluding tert-OH is 1. The first-order chi connectivity index (χ1) is 11.3. The minimum atomic E-state index is -4.63. The Morgan fingerprint density at radius 3 is 2.75 bits per heavy atom. The van der Waals surface area contributed by atoms with Crippen LogP contribution in [-0.4, -0.2) is 10.1 Å². The number of ether oxygens (including phenoxy) is 1. The van der Waals surface area contributed by atoms with Gasteiger partial charge in [-0.1, -0.05) is 0 Å². The highest BCUT2D eigenvalue weighted by Crippen LogP contribution is 2.44. The van der Waals surface area contributed by atoms with Crippen molar-refractivity contribution in [2.75, 3.05) is 0 Å². The molecule has 0 saturated carbocycles. The molecule has 3 rings (SSSR count). The Morgan fingerprint density at radius 2 is 2.08 bits per heavy atom. The number of fused-ring (bicyclic) bond motifs is 1. The predicted molar refractivity (Wildman–Crippen MR) is 78.5 cm³/mol. The SMILES string of the molecule is Cc1cc(C#N)cc(Oc2cnc(C(F)(F)F)c3c2CCC3O)c1. The maximum atomic E-state index is 13.1. The first-order valence-corrected chi connectivity index (χ1v) is 7.26. The summed E-state index contributed by atoms with van der Waals surface area (Å²) in [4.78, 5) is 3.46. The van der Waals surface area contributed by atoms with E-state index in [-0.39, 0.29) is 24.2 Å². The summed E-state index contributed by atoms with van der Waals surface area (Å²) in [6.45, 7) is 1.78. The van der Waals surface area contributed by atoms with Gasteiger partial charge in [0, 0.05) is 11.1 Å². The molecule has 0 aliphatic heterocycles. The van der Waals surface area contributed by atoms with Crippen molar-refractivity contribution in [3.63, 3.8) is 0 Å². The summed E-state index contributed by atoms with van der Waals surface area (Å²) in [5.41, 5.74) is 0.206. The van der Waals surface area contributed by atoms with Crippen LogP contribution in [0.15, 0.2) is 24.4 Å². The van der Waals surface area contributed by atoms with E-state index in [1.165, 1.54) is 6.07 Å². The third kappa shape index (κ3) is 2.93. The lowest BCUT2D eigenvalue weighted by Gasteiger charge is -2.16. The number of nitriles is 1. The zero-order chi connectivity index (χ0) is 17.5. The smallest absolute Gasteiger partial charge is 0.433 e. The van der Waals surface area contributed by atoms with Crippen molar-refractivity contribution in [3.8, 4) is 17.6 Å². The largest absolute Gasteiger partial charge is 0.455 e. The summed E-state index contributed by atoms with van der Waals surface area (Å²) in [7, 11) is 0. The van der Waals surface area contributed by atoms with Crippen molar-refractivity contribution in [2.45, 2.75) is 32.0 Å². The number of aromatic nitrogens is 1. The molecule has 0 radical (unpaired) electrons. The molecule has 0 bridgehead atoms. The van der Waals surface area contributed by atoms with Gasteiger partial charge in [0.1, 0.15) is 11.5 Å². The van der Waals surface area contributed by atoms with E-state index in [4.69, 9.17) is 10.00 Å². The number of pyridine rings is 1. The number of hydrogen-bond acceptors (Lipinski definition) is 4. The lowest BCUT2D eigenvalue weighted by Crippen LogP contribution is -2.14. The van der Waals surface area contributed by atoms with Crippen LogP contribution in [0.1, 0.15) is 40.5 Å². The Hall–Kier alpha value is -2.59. The monoisotopic (exact) mass is 334 g/mol. The Bertz CT molecular complexity index is 841. The van der Waals surface area contributed by atoms with Gasteiger partial charge in [-0.2, -0.15) is 18.4 Å². The average Bonchev–Trinajstić information content (AvgIpc) is 2.88. The molecule has 1 unspecified atom stereocenters. The summed E-state index contributed by atoms with van der Waals surface area (Å²) < 4.78 is 44.9. The zero-order valence-corrected chi connectivity index (χ0v) is 12.7. The molecular formula is C17H13F3N2O2. The quantitative estimate of drug-likeness (QED) is 0.900. The third-order valence-electron chi connectivity index (χ3n) is 3.87. The number of nitrogens with zero attached hydrogens (tertiary/aromatic N) is 2. The molecule has 0 fully saturated rings. The van der Waals surface area contributed by atoms with E-state index < -0.39 is 18.0 Å². The van der Waals surface area contributed by atoms with Crippen LogP contribution in [0, 0.1) is 18.3 Å². The first kappa shape index (κ1) is 16.3. The Morgan fingerprint density at radius 1 is 1.33 bits per heavy atom. The normalized spacial score (nSPS) is 16.6. The fraction of sp³-hybridized carbons (Fsp3) is 0.294. The summed E-state index contributed by atoms with van der Waals surface area (Å²) in [5.74, 6) is 0.515. The van der Waals surface area contributed by atoms with Crippen LogP contribution in [0.25, 0.3) is 0 Å². The second kappa shape index (κ2) is 5.80. The Labute approximate surface area is 136 Å².